The predicted octanol–water partition coefficient (Wildman–Crippen LogP) is 2.39. The van der Waals surface area contributed by atoms with E-state index in [-0.39, 0.29) is 11.8 Å². The van der Waals surface area contributed by atoms with Crippen LogP contribution in [0.1, 0.15) is 30.9 Å². The Morgan fingerprint density at radius 2 is 1.88 bits per heavy atom. The Labute approximate surface area is 190 Å². The van der Waals surface area contributed by atoms with E-state index in [2.05, 4.69) is 33.1 Å². The van der Waals surface area contributed by atoms with E-state index in [1.165, 1.54) is 0 Å². The Morgan fingerprint density at radius 1 is 1.09 bits per heavy atom. The molecule has 1 aliphatic carbocycles. The van der Waals surface area contributed by atoms with Crippen LogP contribution in [0, 0.1) is 0 Å². The van der Waals surface area contributed by atoms with Gasteiger partial charge in [-0.15, -0.1) is 0 Å². The highest BCUT2D eigenvalue weighted by atomic mass is 16.2. The maximum absolute atomic E-state index is 12.9. The number of carbonyl (C=O) groups is 2. The molecular formula is C25H33N5O2. The SMILES string of the molecule is CCc1ccccc1NC(=O)CN1CCN(C(=O)CN(Cc2cccnc2)C2CC2)CC1. The number of hydrogen-bond acceptors (Lipinski definition) is 5. The molecule has 1 N–H and O–H groups in total. The van der Waals surface area contributed by atoms with Gasteiger partial charge in [-0.05, 0) is 42.5 Å². The highest BCUT2D eigenvalue weighted by Gasteiger charge is 2.32. The Balaban J connectivity index is 1.23. The van der Waals surface area contributed by atoms with E-state index >= 15 is 0 Å². The lowest BCUT2D eigenvalue weighted by Gasteiger charge is -2.35. The van der Waals surface area contributed by atoms with Crippen molar-refractivity contribution >= 4 is 17.5 Å². The predicted molar refractivity (Wildman–Crippen MR) is 125 cm³/mol. The van der Waals surface area contributed by atoms with Crippen LogP contribution in [0.25, 0.3) is 0 Å². The standard InChI is InChI=1S/C25H33N5O2/c1-2-21-7-3-4-8-23(21)27-24(31)18-28-12-14-29(15-13-28)25(32)19-30(22-9-10-22)17-20-6-5-11-26-16-20/h3-8,11,16,22H,2,9-10,12-15,17-19H2,1H3,(H,27,31). The van der Waals surface area contributed by atoms with Crippen molar-refractivity contribution in [1.82, 2.24) is 19.7 Å². The third-order valence-electron chi connectivity index (χ3n) is 6.27. The zero-order valence-corrected chi connectivity index (χ0v) is 18.9. The van der Waals surface area contributed by atoms with Crippen molar-refractivity contribution in [2.75, 3.05) is 44.6 Å². The van der Waals surface area contributed by atoms with Crippen LogP contribution in [-0.2, 0) is 22.6 Å². The lowest BCUT2D eigenvalue weighted by molar-refractivity contribution is -0.134. The highest BCUT2D eigenvalue weighted by molar-refractivity contribution is 5.93. The molecule has 0 radical (unpaired) electrons. The normalized spacial score (nSPS) is 16.9. The molecule has 2 amide bonds. The van der Waals surface area contributed by atoms with Gasteiger partial charge in [0.2, 0.25) is 11.8 Å². The summed E-state index contributed by atoms with van der Waals surface area (Å²) in [5, 5.41) is 3.04. The van der Waals surface area contributed by atoms with Crippen LogP contribution in [0.4, 0.5) is 5.69 Å². The first-order valence-electron chi connectivity index (χ1n) is 11.6. The fraction of sp³-hybridized carbons (Fsp3) is 0.480. The number of hydrogen-bond donors (Lipinski definition) is 1. The largest absolute Gasteiger partial charge is 0.339 e. The number of pyridine rings is 1. The summed E-state index contributed by atoms with van der Waals surface area (Å²) in [4.78, 5) is 36.0. The zero-order chi connectivity index (χ0) is 22.3. The van der Waals surface area contributed by atoms with Crippen molar-refractivity contribution in [2.24, 2.45) is 0 Å². The molecule has 170 valence electrons. The number of aromatic nitrogens is 1. The number of nitrogens with one attached hydrogen (secondary N) is 1. The van der Waals surface area contributed by atoms with Gasteiger partial charge in [0.25, 0.3) is 0 Å². The van der Waals surface area contributed by atoms with Gasteiger partial charge in [0.05, 0.1) is 13.1 Å². The number of rotatable bonds is 9. The van der Waals surface area contributed by atoms with Crippen molar-refractivity contribution < 1.29 is 9.59 Å². The van der Waals surface area contributed by atoms with Gasteiger partial charge in [-0.2, -0.15) is 0 Å². The molecular weight excluding hydrogens is 402 g/mol. The van der Waals surface area contributed by atoms with E-state index in [1.807, 2.05) is 41.4 Å². The van der Waals surface area contributed by atoms with Crippen molar-refractivity contribution in [3.63, 3.8) is 0 Å². The molecule has 2 fully saturated rings. The van der Waals surface area contributed by atoms with Gasteiger partial charge in [-0.1, -0.05) is 31.2 Å². The molecule has 2 aromatic rings. The van der Waals surface area contributed by atoms with Gasteiger partial charge in [-0.25, -0.2) is 0 Å². The first-order chi connectivity index (χ1) is 15.6. The summed E-state index contributed by atoms with van der Waals surface area (Å²) in [6, 6.07) is 12.4. The number of nitrogens with zero attached hydrogens (tertiary/aromatic N) is 4. The average Bonchev–Trinajstić information content (AvgIpc) is 3.66. The van der Waals surface area contributed by atoms with Gasteiger partial charge in [0.15, 0.2) is 0 Å². The van der Waals surface area contributed by atoms with E-state index in [0.717, 1.165) is 55.7 Å². The molecule has 32 heavy (non-hydrogen) atoms. The molecule has 0 atom stereocenters. The number of piperazine rings is 1. The number of carbonyl (C=O) groups excluding carboxylic acids is 2. The number of para-hydroxylation sites is 1. The van der Waals surface area contributed by atoms with Gasteiger partial charge >= 0.3 is 0 Å². The van der Waals surface area contributed by atoms with Crippen molar-refractivity contribution in [3.05, 3.63) is 59.9 Å². The fourth-order valence-corrected chi connectivity index (χ4v) is 4.25. The first kappa shape index (κ1) is 22.4. The molecule has 7 nitrogen and oxygen atoms in total. The van der Waals surface area contributed by atoms with Crippen molar-refractivity contribution in [1.29, 1.82) is 0 Å². The monoisotopic (exact) mass is 435 g/mol. The molecule has 0 spiro atoms. The van der Waals surface area contributed by atoms with Crippen molar-refractivity contribution in [3.8, 4) is 0 Å². The second-order valence-corrected chi connectivity index (χ2v) is 8.71. The Hall–Kier alpha value is -2.77. The van der Waals surface area contributed by atoms with E-state index in [0.29, 0.717) is 32.2 Å². The highest BCUT2D eigenvalue weighted by Crippen LogP contribution is 2.28. The summed E-state index contributed by atoms with van der Waals surface area (Å²) >= 11 is 0. The summed E-state index contributed by atoms with van der Waals surface area (Å²) in [5.41, 5.74) is 3.18. The van der Waals surface area contributed by atoms with Crippen LogP contribution >= 0.6 is 0 Å². The molecule has 4 rings (SSSR count). The molecule has 7 heteroatoms. The summed E-state index contributed by atoms with van der Waals surface area (Å²) in [6.45, 7) is 6.45. The summed E-state index contributed by atoms with van der Waals surface area (Å²) in [5.74, 6) is 0.184. The van der Waals surface area contributed by atoms with E-state index < -0.39 is 0 Å². The van der Waals surface area contributed by atoms with Crippen LogP contribution in [0.15, 0.2) is 48.8 Å². The number of anilines is 1. The summed E-state index contributed by atoms with van der Waals surface area (Å²) in [7, 11) is 0. The topological polar surface area (TPSA) is 68.8 Å². The molecule has 2 aliphatic rings. The fourth-order valence-electron chi connectivity index (χ4n) is 4.25. The van der Waals surface area contributed by atoms with Crippen LogP contribution in [0.2, 0.25) is 0 Å². The molecule has 1 aromatic heterocycles. The van der Waals surface area contributed by atoms with Crippen LogP contribution < -0.4 is 5.32 Å². The van der Waals surface area contributed by atoms with Gasteiger partial charge in [-0.3, -0.25) is 24.4 Å². The Bertz CT molecular complexity index is 908. The second kappa shape index (κ2) is 10.7. The smallest absolute Gasteiger partial charge is 0.238 e. The van der Waals surface area contributed by atoms with E-state index in [1.54, 1.807) is 6.20 Å². The lowest BCUT2D eigenvalue weighted by atomic mass is 10.1. The maximum Gasteiger partial charge on any atom is 0.238 e. The minimum atomic E-state index is 0.00190. The minimum Gasteiger partial charge on any atom is -0.339 e. The van der Waals surface area contributed by atoms with Gasteiger partial charge in [0, 0.05) is 56.8 Å². The first-order valence-corrected chi connectivity index (χ1v) is 11.6. The average molecular weight is 436 g/mol. The Morgan fingerprint density at radius 3 is 2.56 bits per heavy atom. The third kappa shape index (κ3) is 6.14. The molecule has 0 bridgehead atoms. The lowest BCUT2D eigenvalue weighted by Crippen LogP contribution is -2.52. The second-order valence-electron chi connectivity index (χ2n) is 8.71. The van der Waals surface area contributed by atoms with Crippen LogP contribution in [0.5, 0.6) is 0 Å². The van der Waals surface area contributed by atoms with E-state index in [4.69, 9.17) is 0 Å². The van der Waals surface area contributed by atoms with E-state index in [9.17, 15) is 9.59 Å². The molecule has 1 saturated heterocycles. The molecule has 1 aromatic carbocycles. The zero-order valence-electron chi connectivity index (χ0n) is 18.9. The molecule has 2 heterocycles. The summed E-state index contributed by atoms with van der Waals surface area (Å²) in [6.07, 6.45) is 6.87. The number of amides is 2. The van der Waals surface area contributed by atoms with Gasteiger partial charge in [0.1, 0.15) is 0 Å². The number of benzene rings is 1. The molecule has 0 unspecified atom stereocenters. The third-order valence-corrected chi connectivity index (χ3v) is 6.27. The van der Waals surface area contributed by atoms with Crippen LogP contribution in [-0.4, -0.2) is 76.8 Å². The number of aryl methyl sites for hydroxylation is 1. The molecule has 1 saturated carbocycles. The van der Waals surface area contributed by atoms with Crippen LogP contribution in [0.3, 0.4) is 0 Å². The van der Waals surface area contributed by atoms with Gasteiger partial charge < -0.3 is 10.2 Å². The molecule has 1 aliphatic heterocycles. The maximum atomic E-state index is 12.9. The quantitative estimate of drug-likeness (QED) is 0.655. The minimum absolute atomic E-state index is 0.00190. The Kier molecular flexibility index (Phi) is 7.50. The van der Waals surface area contributed by atoms with Crippen molar-refractivity contribution in [2.45, 2.75) is 38.8 Å². The summed E-state index contributed by atoms with van der Waals surface area (Å²) < 4.78 is 0.